The number of carbonyl (C=O) groups excluding carboxylic acids is 1. The molecule has 0 heterocycles. The standard InChI is InChI=1S/C12H15NO/c1-11(8-9-14)13(2)10-12-6-4-3-5-7-12/h3-9H,10H2,1-2H3/b11-8+. The maximum Gasteiger partial charge on any atom is 0.144 e. The smallest absolute Gasteiger partial charge is 0.144 e. The van der Waals surface area contributed by atoms with Crippen LogP contribution in [0.15, 0.2) is 42.1 Å². The summed E-state index contributed by atoms with van der Waals surface area (Å²) in [5.41, 5.74) is 2.22. The molecule has 0 radical (unpaired) electrons. The molecule has 0 bridgehead atoms. The largest absolute Gasteiger partial charge is 0.374 e. The van der Waals surface area contributed by atoms with Crippen LogP contribution in [0.3, 0.4) is 0 Å². The molecule has 74 valence electrons. The highest BCUT2D eigenvalue weighted by molar-refractivity contribution is 5.65. The Labute approximate surface area is 84.9 Å². The number of hydrogen-bond donors (Lipinski definition) is 0. The molecule has 14 heavy (non-hydrogen) atoms. The van der Waals surface area contributed by atoms with E-state index < -0.39 is 0 Å². The van der Waals surface area contributed by atoms with Crippen LogP contribution >= 0.6 is 0 Å². The Morgan fingerprint density at radius 1 is 1.36 bits per heavy atom. The lowest BCUT2D eigenvalue weighted by molar-refractivity contribution is -0.104. The summed E-state index contributed by atoms with van der Waals surface area (Å²) in [5.74, 6) is 0. The van der Waals surface area contributed by atoms with E-state index >= 15 is 0 Å². The molecule has 0 unspecified atom stereocenters. The average molecular weight is 189 g/mol. The van der Waals surface area contributed by atoms with Gasteiger partial charge in [0.2, 0.25) is 0 Å². The van der Waals surface area contributed by atoms with Crippen LogP contribution in [0.4, 0.5) is 0 Å². The number of rotatable bonds is 4. The predicted molar refractivity (Wildman–Crippen MR) is 57.7 cm³/mol. The van der Waals surface area contributed by atoms with E-state index in [1.54, 1.807) is 6.08 Å². The van der Waals surface area contributed by atoms with Crippen molar-refractivity contribution in [3.8, 4) is 0 Å². The molecular formula is C12H15NO. The fourth-order valence-electron chi connectivity index (χ4n) is 1.21. The molecule has 1 rings (SSSR count). The van der Waals surface area contributed by atoms with E-state index in [1.807, 2.05) is 37.1 Å². The highest BCUT2D eigenvalue weighted by Crippen LogP contribution is 2.07. The molecule has 0 aliphatic heterocycles. The van der Waals surface area contributed by atoms with Gasteiger partial charge in [0.1, 0.15) is 6.29 Å². The van der Waals surface area contributed by atoms with Crippen molar-refractivity contribution in [1.82, 2.24) is 4.90 Å². The molecular weight excluding hydrogens is 174 g/mol. The Balaban J connectivity index is 2.61. The second-order valence-electron chi connectivity index (χ2n) is 3.29. The van der Waals surface area contributed by atoms with Crippen molar-refractivity contribution < 1.29 is 4.79 Å². The van der Waals surface area contributed by atoms with Gasteiger partial charge in [-0.2, -0.15) is 0 Å². The fourth-order valence-corrected chi connectivity index (χ4v) is 1.21. The molecule has 0 N–H and O–H groups in total. The summed E-state index contributed by atoms with van der Waals surface area (Å²) < 4.78 is 0. The second kappa shape index (κ2) is 5.22. The number of allylic oxidation sites excluding steroid dienone is 2. The lowest BCUT2D eigenvalue weighted by Crippen LogP contribution is -2.15. The van der Waals surface area contributed by atoms with Crippen LogP contribution in [0.2, 0.25) is 0 Å². The number of nitrogens with zero attached hydrogens (tertiary/aromatic N) is 1. The van der Waals surface area contributed by atoms with Crippen molar-refractivity contribution >= 4 is 6.29 Å². The van der Waals surface area contributed by atoms with Crippen LogP contribution < -0.4 is 0 Å². The van der Waals surface area contributed by atoms with E-state index in [1.165, 1.54) is 5.56 Å². The molecule has 0 aromatic heterocycles. The molecule has 2 nitrogen and oxygen atoms in total. The van der Waals surface area contributed by atoms with Crippen LogP contribution in [0.5, 0.6) is 0 Å². The molecule has 1 aromatic rings. The number of benzene rings is 1. The van der Waals surface area contributed by atoms with E-state index in [2.05, 4.69) is 12.1 Å². The summed E-state index contributed by atoms with van der Waals surface area (Å²) >= 11 is 0. The summed E-state index contributed by atoms with van der Waals surface area (Å²) in [7, 11) is 1.97. The van der Waals surface area contributed by atoms with E-state index in [0.717, 1.165) is 18.5 Å². The van der Waals surface area contributed by atoms with Crippen LogP contribution in [0.25, 0.3) is 0 Å². The Morgan fingerprint density at radius 2 is 2.00 bits per heavy atom. The first-order valence-electron chi connectivity index (χ1n) is 4.61. The van der Waals surface area contributed by atoms with Gasteiger partial charge >= 0.3 is 0 Å². The van der Waals surface area contributed by atoms with Gasteiger partial charge in [0.25, 0.3) is 0 Å². The highest BCUT2D eigenvalue weighted by atomic mass is 16.1. The van der Waals surface area contributed by atoms with Gasteiger partial charge in [-0.05, 0) is 18.6 Å². The topological polar surface area (TPSA) is 20.3 Å². The van der Waals surface area contributed by atoms with Crippen molar-refractivity contribution in [3.63, 3.8) is 0 Å². The summed E-state index contributed by atoms with van der Waals surface area (Å²) in [6.45, 7) is 2.76. The zero-order valence-corrected chi connectivity index (χ0v) is 8.60. The van der Waals surface area contributed by atoms with Crippen molar-refractivity contribution in [1.29, 1.82) is 0 Å². The monoisotopic (exact) mass is 189 g/mol. The van der Waals surface area contributed by atoms with Crippen molar-refractivity contribution in [2.24, 2.45) is 0 Å². The van der Waals surface area contributed by atoms with Gasteiger partial charge in [-0.3, -0.25) is 4.79 Å². The van der Waals surface area contributed by atoms with Crippen LogP contribution in [0, 0.1) is 0 Å². The lowest BCUT2D eigenvalue weighted by Gasteiger charge is -2.19. The Kier molecular flexibility index (Phi) is 3.92. The second-order valence-corrected chi connectivity index (χ2v) is 3.29. The first kappa shape index (κ1) is 10.5. The molecule has 0 aliphatic carbocycles. The minimum absolute atomic E-state index is 0.816. The molecule has 0 fully saturated rings. The summed E-state index contributed by atoms with van der Waals surface area (Å²) in [5, 5.41) is 0. The Hall–Kier alpha value is -1.57. The molecule has 1 aromatic carbocycles. The molecule has 0 spiro atoms. The minimum Gasteiger partial charge on any atom is -0.374 e. The normalized spacial score (nSPS) is 11.1. The average Bonchev–Trinajstić information content (AvgIpc) is 2.19. The van der Waals surface area contributed by atoms with Gasteiger partial charge in [0, 0.05) is 19.3 Å². The van der Waals surface area contributed by atoms with E-state index in [-0.39, 0.29) is 0 Å². The van der Waals surface area contributed by atoms with Crippen LogP contribution in [-0.4, -0.2) is 18.2 Å². The highest BCUT2D eigenvalue weighted by Gasteiger charge is 1.99. The fraction of sp³-hybridized carbons (Fsp3) is 0.250. The van der Waals surface area contributed by atoms with Gasteiger partial charge in [-0.25, -0.2) is 0 Å². The summed E-state index contributed by atoms with van der Waals surface area (Å²) in [4.78, 5) is 12.3. The number of carbonyl (C=O) groups is 1. The predicted octanol–water partition coefficient (Wildman–Crippen LogP) is 2.22. The summed E-state index contributed by atoms with van der Waals surface area (Å²) in [6.07, 6.45) is 2.39. The summed E-state index contributed by atoms with van der Waals surface area (Å²) in [6, 6.07) is 10.2. The Bertz CT molecular complexity index is 316. The zero-order chi connectivity index (χ0) is 10.4. The molecule has 0 saturated heterocycles. The minimum atomic E-state index is 0.816. The van der Waals surface area contributed by atoms with Crippen molar-refractivity contribution in [3.05, 3.63) is 47.7 Å². The first-order chi connectivity index (χ1) is 6.74. The number of hydrogen-bond acceptors (Lipinski definition) is 2. The van der Waals surface area contributed by atoms with Crippen LogP contribution in [0.1, 0.15) is 12.5 Å². The lowest BCUT2D eigenvalue weighted by atomic mass is 10.2. The van der Waals surface area contributed by atoms with Crippen molar-refractivity contribution in [2.75, 3.05) is 7.05 Å². The third-order valence-corrected chi connectivity index (χ3v) is 2.17. The van der Waals surface area contributed by atoms with E-state index in [9.17, 15) is 4.79 Å². The van der Waals surface area contributed by atoms with E-state index in [0.29, 0.717) is 0 Å². The Morgan fingerprint density at radius 3 is 2.57 bits per heavy atom. The van der Waals surface area contributed by atoms with Gasteiger partial charge in [0.05, 0.1) is 0 Å². The molecule has 2 heteroatoms. The zero-order valence-electron chi connectivity index (χ0n) is 8.60. The third-order valence-electron chi connectivity index (χ3n) is 2.17. The quantitative estimate of drug-likeness (QED) is 0.534. The molecule has 0 saturated carbocycles. The maximum atomic E-state index is 10.3. The van der Waals surface area contributed by atoms with Gasteiger partial charge in [-0.15, -0.1) is 0 Å². The van der Waals surface area contributed by atoms with Gasteiger partial charge < -0.3 is 4.90 Å². The molecule has 0 aliphatic rings. The van der Waals surface area contributed by atoms with Crippen molar-refractivity contribution in [2.45, 2.75) is 13.5 Å². The SMILES string of the molecule is C/C(=C\C=O)N(C)Cc1ccccc1. The third kappa shape index (κ3) is 3.05. The molecule has 0 atom stereocenters. The molecule has 0 amide bonds. The van der Waals surface area contributed by atoms with Gasteiger partial charge in [0.15, 0.2) is 0 Å². The van der Waals surface area contributed by atoms with Gasteiger partial charge in [-0.1, -0.05) is 30.3 Å². The van der Waals surface area contributed by atoms with E-state index in [4.69, 9.17) is 0 Å². The maximum absolute atomic E-state index is 10.3. The number of aldehydes is 1. The first-order valence-corrected chi connectivity index (χ1v) is 4.61. The van der Waals surface area contributed by atoms with Crippen LogP contribution in [-0.2, 0) is 11.3 Å².